The third-order valence-corrected chi connectivity index (χ3v) is 2.64. The third-order valence-electron chi connectivity index (χ3n) is 1.87. The van der Waals surface area contributed by atoms with Gasteiger partial charge in [0.2, 0.25) is 0 Å². The van der Waals surface area contributed by atoms with Crippen LogP contribution in [0.25, 0.3) is 11.0 Å². The molecule has 1 aliphatic heterocycles. The molecule has 0 unspecified atom stereocenters. The van der Waals surface area contributed by atoms with Crippen LogP contribution in [0, 0.1) is 0 Å². The molecule has 0 fully saturated rings. The zero-order chi connectivity index (χ0) is 10.3. The highest BCUT2D eigenvalue weighted by Gasteiger charge is 1.88. The topological polar surface area (TPSA) is 25.8 Å². The van der Waals surface area contributed by atoms with Crippen LogP contribution in [-0.4, -0.2) is 19.5 Å². The van der Waals surface area contributed by atoms with Crippen LogP contribution in [0.5, 0.6) is 0 Å². The molecule has 0 amide bonds. The third kappa shape index (κ3) is 2.85. The molecule has 0 N–H and O–H groups in total. The summed E-state index contributed by atoms with van der Waals surface area (Å²) < 4.78 is 0. The zero-order valence-corrected chi connectivity index (χ0v) is 9.17. The van der Waals surface area contributed by atoms with Crippen molar-refractivity contribution in [1.82, 2.24) is 9.97 Å². The van der Waals surface area contributed by atoms with Gasteiger partial charge < -0.3 is 0 Å². The molecular formula is C12H10N2Si. The Labute approximate surface area is 91.2 Å². The number of rotatable bonds is 0. The molecule has 0 atom stereocenters. The molecular weight excluding hydrogens is 200 g/mol. The molecule has 0 spiro atoms. The lowest BCUT2D eigenvalue weighted by molar-refractivity contribution is 1.29. The van der Waals surface area contributed by atoms with Gasteiger partial charge in [0, 0.05) is 12.4 Å². The lowest BCUT2D eigenvalue weighted by Crippen LogP contribution is -1.78. The van der Waals surface area contributed by atoms with Crippen molar-refractivity contribution in [3.8, 4) is 0 Å². The largest absolute Gasteiger partial charge is 0.253 e. The van der Waals surface area contributed by atoms with E-state index < -0.39 is 0 Å². The van der Waals surface area contributed by atoms with E-state index in [0.717, 1.165) is 20.6 Å². The van der Waals surface area contributed by atoms with Crippen molar-refractivity contribution in [3.05, 3.63) is 60.2 Å². The number of allylic oxidation sites excluding steroid dienone is 2. The van der Waals surface area contributed by atoms with Crippen LogP contribution < -0.4 is 0 Å². The quantitative estimate of drug-likeness (QED) is 0.624. The molecule has 2 radical (unpaired) electrons. The Hall–Kier alpha value is -1.74. The van der Waals surface area contributed by atoms with E-state index in [9.17, 15) is 0 Å². The summed E-state index contributed by atoms with van der Waals surface area (Å²) in [7, 11) is 0.948. The van der Waals surface area contributed by atoms with Crippen molar-refractivity contribution in [3.63, 3.8) is 0 Å². The number of hydrogen-bond acceptors (Lipinski definition) is 2. The highest BCUT2D eigenvalue weighted by Crippen LogP contribution is 2.04. The first-order chi connectivity index (χ1) is 7.47. The van der Waals surface area contributed by atoms with Gasteiger partial charge in [-0.1, -0.05) is 35.7 Å². The molecule has 15 heavy (non-hydrogen) atoms. The summed E-state index contributed by atoms with van der Waals surface area (Å²) in [6.07, 6.45) is 7.53. The fourth-order valence-corrected chi connectivity index (χ4v) is 1.74. The summed E-state index contributed by atoms with van der Waals surface area (Å²) in [5.74, 6) is 0. The van der Waals surface area contributed by atoms with Crippen molar-refractivity contribution in [1.29, 1.82) is 0 Å². The van der Waals surface area contributed by atoms with E-state index in [2.05, 4.69) is 33.5 Å². The van der Waals surface area contributed by atoms with Gasteiger partial charge in [0.05, 0.1) is 11.0 Å². The summed E-state index contributed by atoms with van der Waals surface area (Å²) in [4.78, 5) is 8.24. The average Bonchev–Trinajstić information content (AvgIpc) is 2.88. The number of hydrogen-bond donors (Lipinski definition) is 0. The summed E-state index contributed by atoms with van der Waals surface area (Å²) >= 11 is 0. The van der Waals surface area contributed by atoms with Gasteiger partial charge in [0.1, 0.15) is 9.52 Å². The molecule has 3 rings (SSSR count). The van der Waals surface area contributed by atoms with Crippen molar-refractivity contribution >= 4 is 20.6 Å². The summed E-state index contributed by atoms with van der Waals surface area (Å²) in [5, 5.41) is 0. The second kappa shape index (κ2) is 5.22. The lowest BCUT2D eigenvalue weighted by atomic mass is 10.3. The van der Waals surface area contributed by atoms with E-state index in [1.165, 1.54) is 0 Å². The van der Waals surface area contributed by atoms with Crippen molar-refractivity contribution in [2.45, 2.75) is 0 Å². The standard InChI is InChI=1S/C8H6N2.C4H4Si/c1-2-4-8-7(3-1)9-5-6-10-8;1-2-4-5-3-1/h1-6H;1-4H. The van der Waals surface area contributed by atoms with E-state index in [1.807, 2.05) is 24.3 Å². The molecule has 2 aromatic rings. The summed E-state index contributed by atoms with van der Waals surface area (Å²) in [6.45, 7) is 0. The number of para-hydroxylation sites is 2. The molecule has 1 aromatic heterocycles. The SMILES string of the molecule is C1=C[Si]C=C1.c1ccc2nccnc2c1. The summed E-state index contributed by atoms with van der Waals surface area (Å²) in [5.41, 5.74) is 6.20. The maximum absolute atomic E-state index is 4.12. The molecule has 1 aromatic carbocycles. The molecule has 0 bridgehead atoms. The van der Waals surface area contributed by atoms with Crippen molar-refractivity contribution in [2.75, 3.05) is 0 Å². The average molecular weight is 210 g/mol. The molecule has 2 heterocycles. The van der Waals surface area contributed by atoms with Gasteiger partial charge in [-0.25, -0.2) is 0 Å². The molecule has 3 heteroatoms. The monoisotopic (exact) mass is 210 g/mol. The Bertz CT molecular complexity index is 416. The second-order valence-electron chi connectivity index (χ2n) is 2.93. The molecule has 72 valence electrons. The highest BCUT2D eigenvalue weighted by atomic mass is 28.2. The Morgan fingerprint density at radius 2 is 1.33 bits per heavy atom. The minimum atomic E-state index is 0.948. The smallest absolute Gasteiger partial charge is 0.101 e. The Kier molecular flexibility index (Phi) is 3.41. The normalized spacial score (nSPS) is 12.5. The second-order valence-corrected chi connectivity index (χ2v) is 3.93. The van der Waals surface area contributed by atoms with Crippen LogP contribution >= 0.6 is 0 Å². The first-order valence-corrected chi connectivity index (χ1v) is 5.86. The highest BCUT2D eigenvalue weighted by molar-refractivity contribution is 6.49. The Morgan fingerprint density at radius 3 is 1.73 bits per heavy atom. The van der Waals surface area contributed by atoms with Crippen molar-refractivity contribution < 1.29 is 0 Å². The first-order valence-electron chi connectivity index (χ1n) is 4.70. The fourth-order valence-electron chi connectivity index (χ4n) is 1.19. The van der Waals surface area contributed by atoms with Gasteiger partial charge in [0.25, 0.3) is 0 Å². The maximum atomic E-state index is 4.12. The van der Waals surface area contributed by atoms with Gasteiger partial charge in [-0.3, -0.25) is 9.97 Å². The molecule has 2 nitrogen and oxygen atoms in total. The summed E-state index contributed by atoms with van der Waals surface area (Å²) in [6, 6.07) is 7.80. The maximum Gasteiger partial charge on any atom is 0.101 e. The van der Waals surface area contributed by atoms with Gasteiger partial charge in [0.15, 0.2) is 0 Å². The van der Waals surface area contributed by atoms with E-state index in [1.54, 1.807) is 12.4 Å². The number of aromatic nitrogens is 2. The van der Waals surface area contributed by atoms with E-state index in [-0.39, 0.29) is 0 Å². The van der Waals surface area contributed by atoms with Gasteiger partial charge in [-0.15, -0.1) is 0 Å². The zero-order valence-electron chi connectivity index (χ0n) is 8.17. The molecule has 0 saturated heterocycles. The number of fused-ring (bicyclic) bond motifs is 1. The van der Waals surface area contributed by atoms with Gasteiger partial charge in [-0.2, -0.15) is 0 Å². The minimum Gasteiger partial charge on any atom is -0.253 e. The predicted molar refractivity (Wildman–Crippen MR) is 63.6 cm³/mol. The van der Waals surface area contributed by atoms with Crippen LogP contribution in [0.15, 0.2) is 60.2 Å². The van der Waals surface area contributed by atoms with Crippen LogP contribution in [0.2, 0.25) is 0 Å². The van der Waals surface area contributed by atoms with Crippen LogP contribution in [0.4, 0.5) is 0 Å². The molecule has 0 aliphatic carbocycles. The first kappa shape index (κ1) is 9.80. The van der Waals surface area contributed by atoms with Gasteiger partial charge in [-0.05, 0) is 12.1 Å². The molecule has 1 aliphatic rings. The van der Waals surface area contributed by atoms with Crippen LogP contribution in [0.3, 0.4) is 0 Å². The minimum absolute atomic E-state index is 0.948. The van der Waals surface area contributed by atoms with Gasteiger partial charge >= 0.3 is 0 Å². The predicted octanol–water partition coefficient (Wildman–Crippen LogP) is 2.36. The lowest BCUT2D eigenvalue weighted by Gasteiger charge is -1.90. The van der Waals surface area contributed by atoms with Crippen LogP contribution in [0.1, 0.15) is 0 Å². The molecule has 0 saturated carbocycles. The fraction of sp³-hybridized carbons (Fsp3) is 0. The van der Waals surface area contributed by atoms with Crippen LogP contribution in [-0.2, 0) is 0 Å². The van der Waals surface area contributed by atoms with E-state index >= 15 is 0 Å². The Balaban J connectivity index is 0.000000144. The van der Waals surface area contributed by atoms with E-state index in [4.69, 9.17) is 0 Å². The van der Waals surface area contributed by atoms with E-state index in [0.29, 0.717) is 0 Å². The number of benzene rings is 1. The van der Waals surface area contributed by atoms with Crippen molar-refractivity contribution in [2.24, 2.45) is 0 Å². The number of nitrogens with zero attached hydrogens (tertiary/aromatic N) is 2. The Morgan fingerprint density at radius 1 is 0.800 bits per heavy atom.